The van der Waals surface area contributed by atoms with Crippen LogP contribution in [0.3, 0.4) is 0 Å². The summed E-state index contributed by atoms with van der Waals surface area (Å²) in [7, 11) is 2.05. The first kappa shape index (κ1) is 15.5. The van der Waals surface area contributed by atoms with Crippen molar-refractivity contribution in [1.82, 2.24) is 20.0 Å². The zero-order chi connectivity index (χ0) is 14.4. The van der Waals surface area contributed by atoms with Crippen LogP contribution in [0.25, 0.3) is 0 Å². The second kappa shape index (κ2) is 7.79. The van der Waals surface area contributed by atoms with Crippen molar-refractivity contribution in [3.05, 3.63) is 18.0 Å². The third-order valence-corrected chi connectivity index (χ3v) is 4.53. The zero-order valence-electron chi connectivity index (χ0n) is 13.3. The molecule has 0 radical (unpaired) electrons. The topological polar surface area (TPSA) is 33.1 Å². The van der Waals surface area contributed by atoms with Gasteiger partial charge in [0.1, 0.15) is 0 Å². The minimum absolute atomic E-state index is 0.554. The molecule has 1 saturated heterocycles. The van der Waals surface area contributed by atoms with E-state index in [2.05, 4.69) is 48.1 Å². The molecule has 1 aliphatic rings. The highest BCUT2D eigenvalue weighted by Crippen LogP contribution is 2.20. The van der Waals surface area contributed by atoms with E-state index in [0.717, 1.165) is 25.9 Å². The van der Waals surface area contributed by atoms with E-state index in [1.165, 1.54) is 31.5 Å². The summed E-state index contributed by atoms with van der Waals surface area (Å²) in [4.78, 5) is 2.60. The lowest BCUT2D eigenvalue weighted by Crippen LogP contribution is -2.44. The van der Waals surface area contributed by atoms with Gasteiger partial charge in [-0.25, -0.2) is 0 Å². The zero-order valence-corrected chi connectivity index (χ0v) is 13.3. The van der Waals surface area contributed by atoms with Crippen LogP contribution in [0, 0.1) is 0 Å². The molecule has 0 aliphatic carbocycles. The Morgan fingerprint density at radius 2 is 2.15 bits per heavy atom. The van der Waals surface area contributed by atoms with Crippen LogP contribution in [0.2, 0.25) is 0 Å². The molecule has 1 atom stereocenters. The maximum atomic E-state index is 4.80. The van der Waals surface area contributed by atoms with Gasteiger partial charge >= 0.3 is 0 Å². The monoisotopic (exact) mass is 278 g/mol. The van der Waals surface area contributed by atoms with Crippen molar-refractivity contribution in [2.75, 3.05) is 20.1 Å². The predicted molar refractivity (Wildman–Crippen MR) is 83.8 cm³/mol. The highest BCUT2D eigenvalue weighted by molar-refractivity contribution is 5.01. The normalized spacial score (nSPS) is 20.7. The molecule has 1 N–H and O–H groups in total. The quantitative estimate of drug-likeness (QED) is 0.832. The lowest BCUT2D eigenvalue weighted by molar-refractivity contribution is 0.137. The van der Waals surface area contributed by atoms with Crippen molar-refractivity contribution in [2.24, 2.45) is 0 Å². The largest absolute Gasteiger partial charge is 0.318 e. The molecule has 4 nitrogen and oxygen atoms in total. The number of likely N-dealkylation sites (N-methyl/N-ethyl adjacent to an activating group) is 1. The molecule has 1 aromatic heterocycles. The minimum atomic E-state index is 0.554. The lowest BCUT2D eigenvalue weighted by Gasteiger charge is -2.35. The summed E-state index contributed by atoms with van der Waals surface area (Å²) in [5.74, 6) is 0. The summed E-state index contributed by atoms with van der Waals surface area (Å²) in [6, 6.07) is 3.42. The molecule has 0 bridgehead atoms. The van der Waals surface area contributed by atoms with Crippen molar-refractivity contribution >= 4 is 0 Å². The van der Waals surface area contributed by atoms with Gasteiger partial charge in [-0.2, -0.15) is 5.10 Å². The van der Waals surface area contributed by atoms with Gasteiger partial charge < -0.3 is 5.32 Å². The van der Waals surface area contributed by atoms with E-state index in [9.17, 15) is 0 Å². The van der Waals surface area contributed by atoms with E-state index in [1.807, 2.05) is 0 Å². The molecule has 1 aromatic rings. The van der Waals surface area contributed by atoms with Gasteiger partial charge in [-0.3, -0.25) is 9.58 Å². The van der Waals surface area contributed by atoms with Gasteiger partial charge in [-0.1, -0.05) is 20.3 Å². The number of rotatable bonds is 7. The molecule has 2 heterocycles. The summed E-state index contributed by atoms with van der Waals surface area (Å²) in [6.07, 6.45) is 8.48. The van der Waals surface area contributed by atoms with Crippen LogP contribution in [-0.2, 0) is 6.54 Å². The van der Waals surface area contributed by atoms with Crippen molar-refractivity contribution < 1.29 is 0 Å². The fraction of sp³-hybridized carbons (Fsp3) is 0.812. The highest BCUT2D eigenvalue weighted by Gasteiger charge is 2.22. The van der Waals surface area contributed by atoms with Crippen LogP contribution in [-0.4, -0.2) is 40.9 Å². The van der Waals surface area contributed by atoms with Gasteiger partial charge in [0.15, 0.2) is 0 Å². The Labute approximate surface area is 123 Å². The van der Waals surface area contributed by atoms with E-state index in [4.69, 9.17) is 5.10 Å². The molecule has 1 aliphatic heterocycles. The van der Waals surface area contributed by atoms with Crippen LogP contribution < -0.4 is 5.32 Å². The highest BCUT2D eigenvalue weighted by atomic mass is 15.3. The summed E-state index contributed by atoms with van der Waals surface area (Å²) in [6.45, 7) is 7.78. The van der Waals surface area contributed by atoms with Gasteiger partial charge in [0.2, 0.25) is 0 Å². The number of hydrogen-bond donors (Lipinski definition) is 1. The number of nitrogens with zero attached hydrogens (tertiary/aromatic N) is 3. The fourth-order valence-electron chi connectivity index (χ4n) is 3.27. The molecular formula is C16H30N4. The van der Waals surface area contributed by atoms with Crippen molar-refractivity contribution in [2.45, 2.75) is 64.6 Å². The van der Waals surface area contributed by atoms with Gasteiger partial charge in [-0.05, 0) is 45.3 Å². The van der Waals surface area contributed by atoms with Crippen LogP contribution in [0.4, 0.5) is 0 Å². The van der Waals surface area contributed by atoms with E-state index in [1.54, 1.807) is 0 Å². The van der Waals surface area contributed by atoms with Crippen LogP contribution in [0.15, 0.2) is 12.3 Å². The van der Waals surface area contributed by atoms with Crippen molar-refractivity contribution in [3.8, 4) is 0 Å². The van der Waals surface area contributed by atoms with Crippen LogP contribution in [0.1, 0.15) is 57.7 Å². The summed E-state index contributed by atoms with van der Waals surface area (Å²) in [5, 5.41) is 8.12. The second-order valence-electron chi connectivity index (χ2n) is 5.94. The Morgan fingerprint density at radius 1 is 1.35 bits per heavy atom. The molecule has 114 valence electrons. The number of piperidine rings is 1. The molecule has 20 heavy (non-hydrogen) atoms. The van der Waals surface area contributed by atoms with E-state index in [0.29, 0.717) is 12.1 Å². The lowest BCUT2D eigenvalue weighted by atomic mass is 10.0. The molecule has 1 fully saturated rings. The maximum absolute atomic E-state index is 4.80. The fourth-order valence-corrected chi connectivity index (χ4v) is 3.27. The average Bonchev–Trinajstić information content (AvgIpc) is 2.91. The second-order valence-corrected chi connectivity index (χ2v) is 5.94. The molecule has 0 spiro atoms. The van der Waals surface area contributed by atoms with Gasteiger partial charge in [0.05, 0.1) is 11.7 Å². The molecule has 1 unspecified atom stereocenters. The minimum Gasteiger partial charge on any atom is -0.318 e. The summed E-state index contributed by atoms with van der Waals surface area (Å²) in [5.41, 5.74) is 1.22. The van der Waals surface area contributed by atoms with Crippen molar-refractivity contribution in [3.63, 3.8) is 0 Å². The first-order valence-corrected chi connectivity index (χ1v) is 8.21. The Kier molecular flexibility index (Phi) is 6.05. The first-order valence-electron chi connectivity index (χ1n) is 8.21. The average molecular weight is 278 g/mol. The van der Waals surface area contributed by atoms with Gasteiger partial charge in [0.25, 0.3) is 0 Å². The van der Waals surface area contributed by atoms with Gasteiger partial charge in [-0.15, -0.1) is 0 Å². The predicted octanol–water partition coefficient (Wildman–Crippen LogP) is 2.82. The first-order chi connectivity index (χ1) is 9.78. The SMILES string of the molecule is CCC(CC)n1ccc(CN2CCCCC2CNC)n1. The number of hydrogen-bond acceptors (Lipinski definition) is 3. The number of nitrogens with one attached hydrogen (secondary N) is 1. The Balaban J connectivity index is 1.97. The summed E-state index contributed by atoms with van der Waals surface area (Å²) < 4.78 is 2.16. The van der Waals surface area contributed by atoms with Crippen molar-refractivity contribution in [1.29, 1.82) is 0 Å². The van der Waals surface area contributed by atoms with E-state index < -0.39 is 0 Å². The molecule has 0 aromatic carbocycles. The Hall–Kier alpha value is -0.870. The van der Waals surface area contributed by atoms with Crippen LogP contribution >= 0.6 is 0 Å². The number of likely N-dealkylation sites (tertiary alicyclic amines) is 1. The molecule has 2 rings (SSSR count). The summed E-state index contributed by atoms with van der Waals surface area (Å²) >= 11 is 0. The van der Waals surface area contributed by atoms with E-state index in [-0.39, 0.29) is 0 Å². The number of aromatic nitrogens is 2. The molecule has 0 amide bonds. The van der Waals surface area contributed by atoms with E-state index >= 15 is 0 Å². The molecule has 0 saturated carbocycles. The molecule has 4 heteroatoms. The Bertz CT molecular complexity index is 382. The smallest absolute Gasteiger partial charge is 0.0765 e. The third-order valence-electron chi connectivity index (χ3n) is 4.53. The Morgan fingerprint density at radius 3 is 2.85 bits per heavy atom. The third kappa shape index (κ3) is 3.83. The van der Waals surface area contributed by atoms with Gasteiger partial charge in [0, 0.05) is 25.3 Å². The maximum Gasteiger partial charge on any atom is 0.0765 e. The standard InChI is InChI=1S/C16H30N4/c1-4-15(5-2)20-11-9-14(18-20)13-19-10-7-6-8-16(19)12-17-3/h9,11,15-17H,4-8,10,12-13H2,1-3H3. The molecular weight excluding hydrogens is 248 g/mol. The van der Waals surface area contributed by atoms with Crippen LogP contribution in [0.5, 0.6) is 0 Å².